The zero-order valence-corrected chi connectivity index (χ0v) is 28.6. The fourth-order valence-electron chi connectivity index (χ4n) is 6.61. The smallest absolute Gasteiger partial charge is 0.326 e. The third kappa shape index (κ3) is 8.92. The lowest BCUT2D eigenvalue weighted by Crippen LogP contribution is -2.57. The van der Waals surface area contributed by atoms with Crippen molar-refractivity contribution < 1.29 is 48.0 Å². The Kier molecular flexibility index (Phi) is 11.6. The number of carbonyl (C=O) groups is 4. The number of nitrogens with zero attached hydrogens (tertiary/aromatic N) is 1. The van der Waals surface area contributed by atoms with Crippen LogP contribution in [0, 0.1) is 11.7 Å². The molecule has 51 heavy (non-hydrogen) atoms. The van der Waals surface area contributed by atoms with Crippen molar-refractivity contribution in [3.63, 3.8) is 0 Å². The first kappa shape index (κ1) is 36.0. The van der Waals surface area contributed by atoms with Crippen molar-refractivity contribution in [1.82, 2.24) is 10.6 Å². The van der Waals surface area contributed by atoms with Gasteiger partial charge in [-0.25, -0.2) is 9.18 Å². The molecule has 1 saturated carbocycles. The van der Waals surface area contributed by atoms with Crippen LogP contribution < -0.4 is 29.7 Å². The number of ether oxygens (including phenoxy) is 3. The second kappa shape index (κ2) is 16.5. The van der Waals surface area contributed by atoms with E-state index in [1.807, 2.05) is 0 Å². The van der Waals surface area contributed by atoms with Crippen LogP contribution >= 0.6 is 11.8 Å². The number of carbonyl (C=O) groups excluding carboxylic acids is 3. The number of nitrogens with one attached hydrogen (secondary N) is 2. The van der Waals surface area contributed by atoms with Crippen molar-refractivity contribution in [3.8, 4) is 17.2 Å². The van der Waals surface area contributed by atoms with Crippen molar-refractivity contribution in [2.75, 3.05) is 30.6 Å². The van der Waals surface area contributed by atoms with Crippen molar-refractivity contribution in [1.29, 1.82) is 0 Å². The number of anilines is 1. The first-order valence-corrected chi connectivity index (χ1v) is 18.0. The Balaban J connectivity index is 1.03. The molecule has 14 heteroatoms. The maximum Gasteiger partial charge on any atom is 0.326 e. The molecule has 1 unspecified atom stereocenters. The lowest BCUT2D eigenvalue weighted by Gasteiger charge is -2.47. The number of rotatable bonds is 15. The second-order valence-corrected chi connectivity index (χ2v) is 14.0. The van der Waals surface area contributed by atoms with E-state index in [9.17, 15) is 33.8 Å². The van der Waals surface area contributed by atoms with Gasteiger partial charge in [0.2, 0.25) is 18.6 Å². The topological polar surface area (TPSA) is 164 Å². The largest absolute Gasteiger partial charge is 0.484 e. The molecule has 2 aliphatic heterocycles. The van der Waals surface area contributed by atoms with Gasteiger partial charge in [0.1, 0.15) is 22.9 Å². The lowest BCUT2D eigenvalue weighted by molar-refractivity contribution is -0.142. The van der Waals surface area contributed by atoms with Gasteiger partial charge in [-0.05, 0) is 72.0 Å². The van der Waals surface area contributed by atoms with Crippen LogP contribution in [0.3, 0.4) is 0 Å². The molecule has 2 fully saturated rings. The molecule has 3 aliphatic rings. The Labute approximate surface area is 298 Å². The van der Waals surface area contributed by atoms with Crippen LogP contribution in [0.15, 0.2) is 66.7 Å². The number of aliphatic hydroxyl groups excluding tert-OH is 1. The number of amides is 3. The molecule has 3 aromatic rings. The number of benzene rings is 3. The van der Waals surface area contributed by atoms with Gasteiger partial charge in [-0.15, -0.1) is 11.8 Å². The predicted molar refractivity (Wildman–Crippen MR) is 186 cm³/mol. The second-order valence-electron chi connectivity index (χ2n) is 12.8. The highest BCUT2D eigenvalue weighted by molar-refractivity contribution is 8.00. The Morgan fingerprint density at radius 1 is 0.961 bits per heavy atom. The molecular weight excluding hydrogens is 681 g/mol. The molecule has 1 saturated heterocycles. The molecule has 3 amide bonds. The summed E-state index contributed by atoms with van der Waals surface area (Å²) in [5.41, 5.74) is 1.93. The summed E-state index contributed by atoms with van der Waals surface area (Å²) in [6.07, 6.45) is 4.67. The standard InChI is InChI=1S/C37H40FN3O9S/c38-25-9-11-26(12-10-25)41-34(35(36(41)45)51-20-29(42)24-8-15-30-31(17-24)50-21-49-30)23-6-13-27(14-7-23)48-19-33(44)39-18-32(43)40-28(37(46)47)16-22-4-2-1-3-5-22/h6-15,17,22,28-29,34-35,42H,1-5,16,18-21H2,(H,39,44)(H,40,43)(H,46,47)/t28-,29?,34-,35-/m1/s1. The van der Waals surface area contributed by atoms with Gasteiger partial charge >= 0.3 is 5.97 Å². The summed E-state index contributed by atoms with van der Waals surface area (Å²) in [5.74, 6) is -0.826. The molecule has 0 spiro atoms. The van der Waals surface area contributed by atoms with Crippen LogP contribution in [0.4, 0.5) is 10.1 Å². The molecule has 4 atom stereocenters. The number of hydrogen-bond donors (Lipinski definition) is 4. The number of thioether (sulfide) groups is 1. The number of carboxylic acid groups (broad SMARTS) is 1. The van der Waals surface area contributed by atoms with Gasteiger partial charge in [0.25, 0.3) is 5.91 Å². The van der Waals surface area contributed by atoms with Crippen LogP contribution in [0.25, 0.3) is 0 Å². The summed E-state index contributed by atoms with van der Waals surface area (Å²) in [6, 6.07) is 16.3. The van der Waals surface area contributed by atoms with Crippen molar-refractivity contribution in [3.05, 3.63) is 83.7 Å². The minimum Gasteiger partial charge on any atom is -0.484 e. The molecule has 0 aromatic heterocycles. The van der Waals surface area contributed by atoms with Crippen LogP contribution in [-0.4, -0.2) is 70.9 Å². The number of β-lactam (4-membered cyclic amide) rings is 1. The molecular formula is C37H40FN3O9S. The summed E-state index contributed by atoms with van der Waals surface area (Å²) in [7, 11) is 0. The Morgan fingerprint density at radius 3 is 2.41 bits per heavy atom. The average molecular weight is 722 g/mol. The summed E-state index contributed by atoms with van der Waals surface area (Å²) < 4.78 is 30.1. The minimum absolute atomic E-state index is 0.119. The zero-order valence-electron chi connectivity index (χ0n) is 27.8. The van der Waals surface area contributed by atoms with E-state index < -0.39 is 47.0 Å². The molecule has 0 bridgehead atoms. The van der Waals surface area contributed by atoms with Gasteiger partial charge < -0.3 is 40.0 Å². The van der Waals surface area contributed by atoms with Gasteiger partial charge in [0.05, 0.1) is 18.7 Å². The van der Waals surface area contributed by atoms with Crippen LogP contribution in [0.2, 0.25) is 0 Å². The molecule has 4 N–H and O–H groups in total. The highest BCUT2D eigenvalue weighted by atomic mass is 32.2. The summed E-state index contributed by atoms with van der Waals surface area (Å²) in [6.45, 7) is -0.641. The van der Waals surface area contributed by atoms with Gasteiger partial charge in [0.15, 0.2) is 18.1 Å². The molecule has 270 valence electrons. The minimum atomic E-state index is -1.09. The number of halogens is 1. The predicted octanol–water partition coefficient (Wildman–Crippen LogP) is 4.51. The highest BCUT2D eigenvalue weighted by Crippen LogP contribution is 2.46. The number of aliphatic carboxylic acids is 1. The molecule has 1 aliphatic carbocycles. The maximum atomic E-state index is 13.7. The quantitative estimate of drug-likeness (QED) is 0.164. The molecule has 2 heterocycles. The van der Waals surface area contributed by atoms with Gasteiger partial charge in [-0.2, -0.15) is 0 Å². The first-order valence-electron chi connectivity index (χ1n) is 17.0. The Bertz CT molecular complexity index is 1720. The van der Waals surface area contributed by atoms with E-state index >= 15 is 0 Å². The number of aliphatic hydroxyl groups is 1. The number of hydrogen-bond acceptors (Lipinski definition) is 9. The molecule has 3 aromatic carbocycles. The summed E-state index contributed by atoms with van der Waals surface area (Å²) >= 11 is 1.31. The summed E-state index contributed by atoms with van der Waals surface area (Å²) in [5, 5.41) is 24.9. The molecule has 6 rings (SSSR count). The number of carboxylic acids is 1. The van der Waals surface area contributed by atoms with Crippen molar-refractivity contribution in [2.24, 2.45) is 5.92 Å². The Morgan fingerprint density at radius 2 is 1.69 bits per heavy atom. The maximum absolute atomic E-state index is 13.7. The van der Waals surface area contributed by atoms with E-state index in [1.54, 1.807) is 47.4 Å². The molecule has 12 nitrogen and oxygen atoms in total. The van der Waals surface area contributed by atoms with Gasteiger partial charge in [-0.1, -0.05) is 50.3 Å². The van der Waals surface area contributed by atoms with Crippen LogP contribution in [0.5, 0.6) is 17.2 Å². The van der Waals surface area contributed by atoms with E-state index in [-0.39, 0.29) is 37.5 Å². The fourth-order valence-corrected chi connectivity index (χ4v) is 7.91. The number of fused-ring (bicyclic) bond motifs is 1. The van der Waals surface area contributed by atoms with Gasteiger partial charge in [-0.3, -0.25) is 14.4 Å². The first-order chi connectivity index (χ1) is 24.7. The Hall–Kier alpha value is -4.82. The van der Waals surface area contributed by atoms with Crippen LogP contribution in [0.1, 0.15) is 61.8 Å². The monoisotopic (exact) mass is 721 g/mol. The fraction of sp³-hybridized carbons (Fsp3) is 0.405. The van der Waals surface area contributed by atoms with E-state index in [0.717, 1.165) is 37.7 Å². The normalized spacial score (nSPS) is 19.5. The third-order valence-corrected chi connectivity index (χ3v) is 10.7. The van der Waals surface area contributed by atoms with E-state index in [0.29, 0.717) is 34.9 Å². The van der Waals surface area contributed by atoms with E-state index in [1.165, 1.54) is 36.0 Å². The third-order valence-electron chi connectivity index (χ3n) is 9.33. The van der Waals surface area contributed by atoms with Crippen LogP contribution in [-0.2, 0) is 19.2 Å². The van der Waals surface area contributed by atoms with Crippen molar-refractivity contribution >= 4 is 41.1 Å². The van der Waals surface area contributed by atoms with Crippen molar-refractivity contribution in [2.45, 2.75) is 62.0 Å². The SMILES string of the molecule is O=C(COc1ccc([C@@H]2[C@@H](SCC(O)c3ccc4c(c3)OCO4)C(=O)N2c2ccc(F)cc2)cc1)NCC(=O)N[C@H](CC1CCCCC1)C(=O)O. The van der Waals surface area contributed by atoms with E-state index in [4.69, 9.17) is 14.2 Å². The summed E-state index contributed by atoms with van der Waals surface area (Å²) in [4.78, 5) is 51.6. The highest BCUT2D eigenvalue weighted by Gasteiger charge is 2.49. The van der Waals surface area contributed by atoms with E-state index in [2.05, 4.69) is 10.6 Å². The van der Waals surface area contributed by atoms with Gasteiger partial charge in [0, 0.05) is 11.4 Å². The average Bonchev–Trinajstić information content (AvgIpc) is 3.61. The molecule has 0 radical (unpaired) electrons. The lowest BCUT2D eigenvalue weighted by atomic mass is 9.85. The zero-order chi connectivity index (χ0) is 35.9.